The lowest BCUT2D eigenvalue weighted by Crippen LogP contribution is -2.64. The first-order valence-electron chi connectivity index (χ1n) is 8.72. The van der Waals surface area contributed by atoms with Gasteiger partial charge in [0.25, 0.3) is 0 Å². The molecule has 1 aliphatic heterocycles. The zero-order valence-corrected chi connectivity index (χ0v) is 13.0. The molecule has 0 aromatic carbocycles. The zero-order valence-electron chi connectivity index (χ0n) is 13.0. The van der Waals surface area contributed by atoms with E-state index in [1.165, 1.54) is 71.0 Å². The number of rotatable bonds is 5. The van der Waals surface area contributed by atoms with Gasteiger partial charge >= 0.3 is 0 Å². The molecule has 0 aromatic heterocycles. The summed E-state index contributed by atoms with van der Waals surface area (Å²) in [5, 5.41) is 3.89. The lowest BCUT2D eigenvalue weighted by Gasteiger charge is -2.49. The Kier molecular flexibility index (Phi) is 4.19. The largest absolute Gasteiger partial charge is 0.311 e. The van der Waals surface area contributed by atoms with Crippen LogP contribution < -0.4 is 5.32 Å². The molecule has 1 spiro atoms. The predicted octanol–water partition coefficient (Wildman–Crippen LogP) is 3.42. The Labute approximate surface area is 119 Å². The summed E-state index contributed by atoms with van der Waals surface area (Å²) in [5.74, 6) is 1.90. The molecule has 3 aliphatic rings. The minimum Gasteiger partial charge on any atom is -0.311 e. The summed E-state index contributed by atoms with van der Waals surface area (Å²) in [6.07, 6.45) is 11.6. The molecule has 2 heteroatoms. The van der Waals surface area contributed by atoms with Crippen molar-refractivity contribution in [3.05, 3.63) is 0 Å². The first-order chi connectivity index (χ1) is 9.23. The van der Waals surface area contributed by atoms with Crippen molar-refractivity contribution < 1.29 is 0 Å². The smallest absolute Gasteiger partial charge is 0.0334 e. The number of hydrogen-bond acceptors (Lipinski definition) is 2. The van der Waals surface area contributed by atoms with Crippen LogP contribution in [0.2, 0.25) is 0 Å². The first kappa shape index (κ1) is 13.9. The molecule has 2 nitrogen and oxygen atoms in total. The SMILES string of the molecule is CCC(C)C1CN(CCC2CC2)C2(CCCC2)CN1. The molecule has 2 saturated carbocycles. The summed E-state index contributed by atoms with van der Waals surface area (Å²) in [5.41, 5.74) is 0.541. The van der Waals surface area contributed by atoms with Gasteiger partial charge in [0.2, 0.25) is 0 Å². The highest BCUT2D eigenvalue weighted by Crippen LogP contribution is 2.39. The minimum absolute atomic E-state index is 0.541. The van der Waals surface area contributed by atoms with Crippen LogP contribution in [0.25, 0.3) is 0 Å². The Balaban J connectivity index is 1.63. The van der Waals surface area contributed by atoms with Gasteiger partial charge in [0, 0.05) is 24.7 Å². The zero-order chi connectivity index (χ0) is 13.3. The van der Waals surface area contributed by atoms with E-state index >= 15 is 0 Å². The van der Waals surface area contributed by atoms with Gasteiger partial charge in [-0.2, -0.15) is 0 Å². The topological polar surface area (TPSA) is 15.3 Å². The van der Waals surface area contributed by atoms with Crippen molar-refractivity contribution in [3.8, 4) is 0 Å². The van der Waals surface area contributed by atoms with E-state index in [0.29, 0.717) is 5.54 Å². The maximum absolute atomic E-state index is 3.89. The Bertz CT molecular complexity index is 292. The number of nitrogens with one attached hydrogen (secondary N) is 1. The van der Waals surface area contributed by atoms with Crippen LogP contribution in [0, 0.1) is 11.8 Å². The van der Waals surface area contributed by atoms with Crippen LogP contribution in [0.5, 0.6) is 0 Å². The average molecular weight is 264 g/mol. The van der Waals surface area contributed by atoms with E-state index < -0.39 is 0 Å². The van der Waals surface area contributed by atoms with Crippen molar-refractivity contribution in [2.24, 2.45) is 11.8 Å². The normalized spacial score (nSPS) is 32.8. The van der Waals surface area contributed by atoms with Gasteiger partial charge in [0.05, 0.1) is 0 Å². The molecule has 1 heterocycles. The molecule has 1 saturated heterocycles. The Morgan fingerprint density at radius 3 is 2.63 bits per heavy atom. The highest BCUT2D eigenvalue weighted by Gasteiger charge is 2.44. The lowest BCUT2D eigenvalue weighted by atomic mass is 9.87. The van der Waals surface area contributed by atoms with Gasteiger partial charge in [0.15, 0.2) is 0 Å². The number of piperazine rings is 1. The third-order valence-corrected chi connectivity index (χ3v) is 6.15. The fourth-order valence-electron chi connectivity index (χ4n) is 4.19. The molecule has 0 radical (unpaired) electrons. The maximum Gasteiger partial charge on any atom is 0.0334 e. The molecular weight excluding hydrogens is 232 g/mol. The van der Waals surface area contributed by atoms with Gasteiger partial charge in [-0.1, -0.05) is 46.0 Å². The summed E-state index contributed by atoms with van der Waals surface area (Å²) in [4.78, 5) is 2.91. The molecule has 0 bridgehead atoms. The molecule has 0 amide bonds. The summed E-state index contributed by atoms with van der Waals surface area (Å²) in [6.45, 7) is 8.69. The van der Waals surface area contributed by atoms with Gasteiger partial charge in [-0.25, -0.2) is 0 Å². The van der Waals surface area contributed by atoms with E-state index in [1.54, 1.807) is 0 Å². The van der Waals surface area contributed by atoms with Crippen molar-refractivity contribution in [2.75, 3.05) is 19.6 Å². The summed E-state index contributed by atoms with van der Waals surface area (Å²) in [7, 11) is 0. The summed E-state index contributed by atoms with van der Waals surface area (Å²) in [6, 6.07) is 0.732. The van der Waals surface area contributed by atoms with E-state index in [2.05, 4.69) is 24.1 Å². The Morgan fingerprint density at radius 2 is 2.00 bits per heavy atom. The van der Waals surface area contributed by atoms with Crippen LogP contribution in [0.4, 0.5) is 0 Å². The van der Waals surface area contributed by atoms with E-state index in [1.807, 2.05) is 0 Å². The van der Waals surface area contributed by atoms with Gasteiger partial charge in [0.1, 0.15) is 0 Å². The Morgan fingerprint density at radius 1 is 1.26 bits per heavy atom. The van der Waals surface area contributed by atoms with Crippen LogP contribution >= 0.6 is 0 Å². The van der Waals surface area contributed by atoms with Crippen LogP contribution in [0.15, 0.2) is 0 Å². The summed E-state index contributed by atoms with van der Waals surface area (Å²) >= 11 is 0. The quantitative estimate of drug-likeness (QED) is 0.818. The van der Waals surface area contributed by atoms with Crippen molar-refractivity contribution >= 4 is 0 Å². The van der Waals surface area contributed by atoms with Crippen LogP contribution in [-0.2, 0) is 0 Å². The number of nitrogens with zero attached hydrogens (tertiary/aromatic N) is 1. The van der Waals surface area contributed by atoms with Crippen molar-refractivity contribution in [3.63, 3.8) is 0 Å². The number of hydrogen-bond donors (Lipinski definition) is 1. The first-order valence-corrected chi connectivity index (χ1v) is 8.72. The molecule has 3 fully saturated rings. The molecule has 1 N–H and O–H groups in total. The predicted molar refractivity (Wildman–Crippen MR) is 81.4 cm³/mol. The minimum atomic E-state index is 0.541. The van der Waals surface area contributed by atoms with Gasteiger partial charge in [-0.15, -0.1) is 0 Å². The lowest BCUT2D eigenvalue weighted by molar-refractivity contribution is 0.0288. The maximum atomic E-state index is 3.89. The average Bonchev–Trinajstić information content (AvgIpc) is 3.16. The van der Waals surface area contributed by atoms with E-state index in [0.717, 1.165) is 17.9 Å². The second-order valence-electron chi connectivity index (χ2n) is 7.48. The third kappa shape index (κ3) is 3.00. The van der Waals surface area contributed by atoms with Crippen molar-refractivity contribution in [2.45, 2.75) is 76.8 Å². The van der Waals surface area contributed by atoms with Crippen LogP contribution in [0.1, 0.15) is 65.2 Å². The van der Waals surface area contributed by atoms with Crippen molar-refractivity contribution in [1.82, 2.24) is 10.2 Å². The highest BCUT2D eigenvalue weighted by atomic mass is 15.3. The molecule has 2 atom stereocenters. The molecule has 19 heavy (non-hydrogen) atoms. The molecule has 3 rings (SSSR count). The van der Waals surface area contributed by atoms with Crippen LogP contribution in [-0.4, -0.2) is 36.1 Å². The standard InChI is InChI=1S/C17H32N2/c1-3-14(2)16-12-19(11-8-15-6-7-15)17(13-18-16)9-4-5-10-17/h14-16,18H,3-13H2,1-2H3. The molecule has 2 aliphatic carbocycles. The van der Waals surface area contributed by atoms with Gasteiger partial charge < -0.3 is 5.32 Å². The van der Waals surface area contributed by atoms with Crippen molar-refractivity contribution in [1.29, 1.82) is 0 Å². The monoisotopic (exact) mass is 264 g/mol. The van der Waals surface area contributed by atoms with E-state index in [-0.39, 0.29) is 0 Å². The molecule has 2 unspecified atom stereocenters. The third-order valence-electron chi connectivity index (χ3n) is 6.15. The summed E-state index contributed by atoms with van der Waals surface area (Å²) < 4.78 is 0. The molecule has 0 aromatic rings. The van der Waals surface area contributed by atoms with Gasteiger partial charge in [-0.05, 0) is 37.6 Å². The fraction of sp³-hybridized carbons (Fsp3) is 1.00. The molecular formula is C17H32N2. The fourth-order valence-corrected chi connectivity index (χ4v) is 4.19. The van der Waals surface area contributed by atoms with Gasteiger partial charge in [-0.3, -0.25) is 4.90 Å². The highest BCUT2D eigenvalue weighted by molar-refractivity contribution is 5.02. The Hall–Kier alpha value is -0.0800. The van der Waals surface area contributed by atoms with Crippen LogP contribution in [0.3, 0.4) is 0 Å². The second kappa shape index (κ2) is 5.73. The second-order valence-corrected chi connectivity index (χ2v) is 7.48. The molecule has 110 valence electrons. The van der Waals surface area contributed by atoms with E-state index in [4.69, 9.17) is 0 Å². The van der Waals surface area contributed by atoms with E-state index in [9.17, 15) is 0 Å².